The van der Waals surface area contributed by atoms with E-state index >= 15 is 0 Å². The van der Waals surface area contributed by atoms with E-state index < -0.39 is 0 Å². The van der Waals surface area contributed by atoms with Crippen molar-refractivity contribution < 1.29 is 0 Å². The van der Waals surface area contributed by atoms with Crippen LogP contribution in [-0.2, 0) is 0 Å². The molecule has 0 spiro atoms. The Hall–Kier alpha value is -2.07. The van der Waals surface area contributed by atoms with Crippen molar-refractivity contribution in [1.82, 2.24) is 15.0 Å². The molecule has 0 radical (unpaired) electrons. The van der Waals surface area contributed by atoms with Crippen LogP contribution in [0.15, 0.2) is 36.8 Å². The predicted octanol–water partition coefficient (Wildman–Crippen LogP) is 2.86. The number of aromatic nitrogens is 3. The van der Waals surface area contributed by atoms with Crippen molar-refractivity contribution in [3.8, 4) is 11.1 Å². The Morgan fingerprint density at radius 3 is 2.65 bits per heavy atom. The summed E-state index contributed by atoms with van der Waals surface area (Å²) in [6.45, 7) is 0. The minimum atomic E-state index is 0.473. The first kappa shape index (κ1) is 10.1. The highest BCUT2D eigenvalue weighted by molar-refractivity contribution is 6.30. The van der Waals surface area contributed by atoms with E-state index in [1.807, 2.05) is 30.5 Å². The van der Waals surface area contributed by atoms with Gasteiger partial charge in [0.1, 0.15) is 17.8 Å². The fourth-order valence-corrected chi connectivity index (χ4v) is 1.97. The minimum absolute atomic E-state index is 0.473. The highest BCUT2D eigenvalue weighted by Crippen LogP contribution is 2.30. The molecule has 0 aliphatic carbocycles. The summed E-state index contributed by atoms with van der Waals surface area (Å²) in [6.07, 6.45) is 3.32. The number of H-pyrrole nitrogens is 1. The van der Waals surface area contributed by atoms with Crippen molar-refractivity contribution in [3.63, 3.8) is 0 Å². The maximum atomic E-state index is 5.87. The topological polar surface area (TPSA) is 67.6 Å². The van der Waals surface area contributed by atoms with Crippen molar-refractivity contribution in [3.05, 3.63) is 41.8 Å². The second-order valence-corrected chi connectivity index (χ2v) is 4.13. The molecule has 3 N–H and O–H groups in total. The molecular weight excluding hydrogens is 236 g/mol. The summed E-state index contributed by atoms with van der Waals surface area (Å²) in [5.74, 6) is 0.473. The number of anilines is 1. The van der Waals surface area contributed by atoms with Crippen molar-refractivity contribution in [2.45, 2.75) is 0 Å². The predicted molar refractivity (Wildman–Crippen MR) is 68.7 cm³/mol. The van der Waals surface area contributed by atoms with Crippen LogP contribution < -0.4 is 5.73 Å². The summed E-state index contributed by atoms with van der Waals surface area (Å²) in [6, 6.07) is 7.57. The minimum Gasteiger partial charge on any atom is -0.383 e. The lowest BCUT2D eigenvalue weighted by Crippen LogP contribution is -1.92. The van der Waals surface area contributed by atoms with Crippen LogP contribution in [0.2, 0.25) is 5.02 Å². The number of halogens is 1. The molecule has 3 aromatic rings. The molecule has 0 atom stereocenters. The third kappa shape index (κ3) is 1.62. The maximum Gasteiger partial charge on any atom is 0.143 e. The van der Waals surface area contributed by atoms with Crippen molar-refractivity contribution in [2.24, 2.45) is 0 Å². The molecule has 2 heterocycles. The first-order valence-corrected chi connectivity index (χ1v) is 5.47. The molecule has 0 saturated carbocycles. The average Bonchev–Trinajstić information content (AvgIpc) is 2.75. The van der Waals surface area contributed by atoms with Gasteiger partial charge in [-0.15, -0.1) is 0 Å². The number of nitrogen functional groups attached to an aromatic ring is 1. The molecule has 0 amide bonds. The number of rotatable bonds is 1. The fourth-order valence-electron chi connectivity index (χ4n) is 1.84. The molecule has 0 fully saturated rings. The zero-order valence-corrected chi connectivity index (χ0v) is 9.57. The molecule has 17 heavy (non-hydrogen) atoms. The Morgan fingerprint density at radius 2 is 1.88 bits per heavy atom. The molecule has 2 aromatic heterocycles. The first-order chi connectivity index (χ1) is 8.25. The Balaban J connectivity index is 2.27. The summed E-state index contributed by atoms with van der Waals surface area (Å²) in [5, 5.41) is 1.55. The quantitative estimate of drug-likeness (QED) is 0.692. The van der Waals surface area contributed by atoms with Crippen LogP contribution in [0.25, 0.3) is 22.2 Å². The highest BCUT2D eigenvalue weighted by Gasteiger charge is 2.10. The molecule has 84 valence electrons. The van der Waals surface area contributed by atoms with Crippen LogP contribution in [-0.4, -0.2) is 15.0 Å². The average molecular weight is 245 g/mol. The maximum absolute atomic E-state index is 5.87. The number of hydrogen-bond donors (Lipinski definition) is 2. The number of nitrogens with two attached hydrogens (primary N) is 1. The van der Waals surface area contributed by atoms with Gasteiger partial charge in [0.2, 0.25) is 0 Å². The Bertz CT molecular complexity index is 673. The van der Waals surface area contributed by atoms with Crippen LogP contribution in [0.3, 0.4) is 0 Å². The van der Waals surface area contributed by atoms with Gasteiger partial charge < -0.3 is 10.7 Å². The van der Waals surface area contributed by atoms with Crippen LogP contribution in [0.1, 0.15) is 0 Å². The van der Waals surface area contributed by atoms with Crippen molar-refractivity contribution in [1.29, 1.82) is 0 Å². The van der Waals surface area contributed by atoms with Crippen LogP contribution in [0.5, 0.6) is 0 Å². The second kappa shape index (κ2) is 3.75. The summed E-state index contributed by atoms with van der Waals surface area (Å²) >= 11 is 5.87. The normalized spacial score (nSPS) is 10.9. The molecular formula is C12H9ClN4. The van der Waals surface area contributed by atoms with Gasteiger partial charge >= 0.3 is 0 Å². The number of hydrogen-bond acceptors (Lipinski definition) is 3. The van der Waals surface area contributed by atoms with Gasteiger partial charge in [-0.05, 0) is 17.7 Å². The first-order valence-electron chi connectivity index (χ1n) is 5.09. The molecule has 4 nitrogen and oxygen atoms in total. The van der Waals surface area contributed by atoms with E-state index in [2.05, 4.69) is 15.0 Å². The van der Waals surface area contributed by atoms with Crippen LogP contribution in [0, 0.1) is 0 Å². The number of fused-ring (bicyclic) bond motifs is 1. The van der Waals surface area contributed by atoms with E-state index in [1.165, 1.54) is 6.33 Å². The third-order valence-corrected chi connectivity index (χ3v) is 2.91. The SMILES string of the molecule is Nc1ncnc2[nH]cc(-c3ccc(Cl)cc3)c12. The zero-order valence-electron chi connectivity index (χ0n) is 8.81. The summed E-state index contributed by atoms with van der Waals surface area (Å²) in [4.78, 5) is 11.2. The lowest BCUT2D eigenvalue weighted by atomic mass is 10.1. The van der Waals surface area contributed by atoms with Crippen molar-refractivity contribution in [2.75, 3.05) is 5.73 Å². The third-order valence-electron chi connectivity index (χ3n) is 2.65. The lowest BCUT2D eigenvalue weighted by molar-refractivity contribution is 1.21. The zero-order chi connectivity index (χ0) is 11.8. The monoisotopic (exact) mass is 244 g/mol. The molecule has 5 heteroatoms. The number of benzene rings is 1. The smallest absolute Gasteiger partial charge is 0.143 e. The standard InChI is InChI=1S/C12H9ClN4/c13-8-3-1-7(2-4-8)9-5-15-12-10(9)11(14)16-6-17-12/h1-6H,(H3,14,15,16,17). The molecule has 0 aliphatic rings. The molecule has 3 rings (SSSR count). The molecule has 0 unspecified atom stereocenters. The number of nitrogens with zero attached hydrogens (tertiary/aromatic N) is 2. The second-order valence-electron chi connectivity index (χ2n) is 3.69. The molecule has 0 aliphatic heterocycles. The van der Waals surface area contributed by atoms with Gasteiger partial charge in [-0.1, -0.05) is 23.7 Å². The van der Waals surface area contributed by atoms with E-state index in [9.17, 15) is 0 Å². The van der Waals surface area contributed by atoms with E-state index in [-0.39, 0.29) is 0 Å². The molecule has 0 bridgehead atoms. The summed E-state index contributed by atoms with van der Waals surface area (Å²) < 4.78 is 0. The fraction of sp³-hybridized carbons (Fsp3) is 0. The van der Waals surface area contributed by atoms with Gasteiger partial charge in [-0.3, -0.25) is 0 Å². The Kier molecular flexibility index (Phi) is 2.23. The van der Waals surface area contributed by atoms with Gasteiger partial charge in [0.25, 0.3) is 0 Å². The van der Waals surface area contributed by atoms with E-state index in [0.29, 0.717) is 10.8 Å². The van der Waals surface area contributed by atoms with Crippen LogP contribution in [0.4, 0.5) is 5.82 Å². The van der Waals surface area contributed by atoms with E-state index in [1.54, 1.807) is 0 Å². The Morgan fingerprint density at radius 1 is 1.12 bits per heavy atom. The summed E-state index contributed by atoms with van der Waals surface area (Å²) in [5.41, 5.74) is 8.62. The Labute approximate surface area is 102 Å². The number of nitrogens with one attached hydrogen (secondary N) is 1. The molecule has 1 aromatic carbocycles. The lowest BCUT2D eigenvalue weighted by Gasteiger charge is -2.01. The van der Waals surface area contributed by atoms with E-state index in [4.69, 9.17) is 17.3 Å². The molecule has 0 saturated heterocycles. The van der Waals surface area contributed by atoms with Crippen molar-refractivity contribution >= 4 is 28.5 Å². The van der Waals surface area contributed by atoms with Gasteiger partial charge in [-0.2, -0.15) is 0 Å². The largest absolute Gasteiger partial charge is 0.383 e. The van der Waals surface area contributed by atoms with Gasteiger partial charge in [0, 0.05) is 16.8 Å². The van der Waals surface area contributed by atoms with Gasteiger partial charge in [-0.25, -0.2) is 9.97 Å². The van der Waals surface area contributed by atoms with Crippen LogP contribution >= 0.6 is 11.6 Å². The van der Waals surface area contributed by atoms with E-state index in [0.717, 1.165) is 22.2 Å². The number of aromatic amines is 1. The van der Waals surface area contributed by atoms with Gasteiger partial charge in [0.15, 0.2) is 0 Å². The summed E-state index contributed by atoms with van der Waals surface area (Å²) in [7, 11) is 0. The van der Waals surface area contributed by atoms with Gasteiger partial charge in [0.05, 0.1) is 5.39 Å². The highest BCUT2D eigenvalue weighted by atomic mass is 35.5.